The number of methoxy groups -OCH3 is 1. The van der Waals surface area contributed by atoms with Gasteiger partial charge in [0, 0.05) is 32.1 Å². The summed E-state index contributed by atoms with van der Waals surface area (Å²) in [5.41, 5.74) is 1.99. The van der Waals surface area contributed by atoms with Crippen LogP contribution in [0.4, 0.5) is 4.79 Å². The van der Waals surface area contributed by atoms with Crippen molar-refractivity contribution < 1.29 is 19.1 Å². The third kappa shape index (κ3) is 6.21. The molecule has 1 aliphatic heterocycles. The summed E-state index contributed by atoms with van der Waals surface area (Å²) in [6.45, 7) is 8.43. The quantitative estimate of drug-likeness (QED) is 0.710. The molecule has 7 nitrogen and oxygen atoms in total. The zero-order valence-corrected chi connectivity index (χ0v) is 17.9. The maximum absolute atomic E-state index is 12.9. The number of carbonyl (C=O) groups excluding carboxylic acids is 3. The molecule has 7 heteroatoms. The third-order valence-corrected chi connectivity index (χ3v) is 5.56. The van der Waals surface area contributed by atoms with E-state index in [4.69, 9.17) is 4.74 Å². The number of aryl methyl sites for hydroxylation is 1. The van der Waals surface area contributed by atoms with Crippen LogP contribution in [0.1, 0.15) is 50.3 Å². The van der Waals surface area contributed by atoms with E-state index in [-0.39, 0.29) is 30.2 Å². The van der Waals surface area contributed by atoms with Crippen LogP contribution >= 0.6 is 0 Å². The highest BCUT2D eigenvalue weighted by molar-refractivity contribution is 5.81. The Labute approximate surface area is 173 Å². The molecule has 1 aromatic carbocycles. The summed E-state index contributed by atoms with van der Waals surface area (Å²) in [6, 6.07) is 7.39. The van der Waals surface area contributed by atoms with Gasteiger partial charge in [0.1, 0.15) is 0 Å². The second kappa shape index (κ2) is 10.8. The van der Waals surface area contributed by atoms with Crippen molar-refractivity contribution in [1.82, 2.24) is 15.1 Å². The van der Waals surface area contributed by atoms with Gasteiger partial charge >= 0.3 is 12.0 Å². The van der Waals surface area contributed by atoms with Gasteiger partial charge in [-0.2, -0.15) is 0 Å². The average Bonchev–Trinajstić information content (AvgIpc) is 2.74. The molecule has 29 heavy (non-hydrogen) atoms. The van der Waals surface area contributed by atoms with Gasteiger partial charge in [0.05, 0.1) is 19.6 Å². The molecule has 3 amide bonds. The molecule has 1 aromatic rings. The number of ether oxygens (including phenoxy) is 1. The van der Waals surface area contributed by atoms with Crippen molar-refractivity contribution in [2.75, 3.05) is 33.3 Å². The van der Waals surface area contributed by atoms with E-state index in [1.807, 2.05) is 49.9 Å². The van der Waals surface area contributed by atoms with E-state index in [0.717, 1.165) is 11.1 Å². The lowest BCUT2D eigenvalue weighted by molar-refractivity contribution is -0.141. The van der Waals surface area contributed by atoms with Crippen LogP contribution in [0.15, 0.2) is 24.3 Å². The molecule has 1 fully saturated rings. The Balaban J connectivity index is 1.98. The Kier molecular flexibility index (Phi) is 8.49. The second-order valence-electron chi connectivity index (χ2n) is 7.47. The minimum absolute atomic E-state index is 0.0390. The fourth-order valence-corrected chi connectivity index (χ4v) is 3.62. The lowest BCUT2D eigenvalue weighted by Crippen LogP contribution is -2.48. The molecule has 0 bridgehead atoms. The molecular weight excluding hydrogens is 370 g/mol. The van der Waals surface area contributed by atoms with Gasteiger partial charge in [0.2, 0.25) is 5.91 Å². The number of rotatable bonds is 7. The van der Waals surface area contributed by atoms with Crippen molar-refractivity contribution in [2.45, 2.75) is 46.1 Å². The van der Waals surface area contributed by atoms with Crippen molar-refractivity contribution in [3.05, 3.63) is 35.4 Å². The summed E-state index contributed by atoms with van der Waals surface area (Å²) >= 11 is 0. The minimum Gasteiger partial charge on any atom is -0.469 e. The summed E-state index contributed by atoms with van der Waals surface area (Å²) in [7, 11) is 1.35. The first kappa shape index (κ1) is 22.7. The summed E-state index contributed by atoms with van der Waals surface area (Å²) in [5, 5.41) is 3.02. The molecule has 0 radical (unpaired) electrons. The number of likely N-dealkylation sites (tertiary alicyclic amines) is 1. The van der Waals surface area contributed by atoms with Crippen LogP contribution in [0.25, 0.3) is 0 Å². The van der Waals surface area contributed by atoms with Gasteiger partial charge < -0.3 is 19.9 Å². The van der Waals surface area contributed by atoms with Crippen molar-refractivity contribution >= 4 is 17.9 Å². The predicted octanol–water partition coefficient (Wildman–Crippen LogP) is 2.89. The second-order valence-corrected chi connectivity index (χ2v) is 7.47. The molecule has 1 N–H and O–H groups in total. The number of esters is 1. The first-order chi connectivity index (χ1) is 13.9. The Bertz CT molecular complexity index is 693. The monoisotopic (exact) mass is 403 g/mol. The van der Waals surface area contributed by atoms with Gasteiger partial charge in [-0.25, -0.2) is 4.79 Å². The van der Waals surface area contributed by atoms with Crippen molar-refractivity contribution in [3.8, 4) is 0 Å². The molecule has 2 rings (SSSR count). The maximum atomic E-state index is 12.9. The molecule has 1 unspecified atom stereocenters. The summed E-state index contributed by atoms with van der Waals surface area (Å²) in [4.78, 5) is 40.8. The van der Waals surface area contributed by atoms with Crippen molar-refractivity contribution in [2.24, 2.45) is 5.92 Å². The number of hydrogen-bond acceptors (Lipinski definition) is 4. The van der Waals surface area contributed by atoms with E-state index < -0.39 is 6.04 Å². The minimum atomic E-state index is -0.425. The smallest absolute Gasteiger partial charge is 0.319 e. The van der Waals surface area contributed by atoms with Crippen LogP contribution in [0.5, 0.6) is 0 Å². The zero-order chi connectivity index (χ0) is 21.4. The number of nitrogens with one attached hydrogen (secondary N) is 1. The molecule has 1 atom stereocenters. The van der Waals surface area contributed by atoms with Crippen LogP contribution < -0.4 is 5.32 Å². The highest BCUT2D eigenvalue weighted by atomic mass is 16.5. The molecule has 160 valence electrons. The SMILES string of the molecule is CCN(CC)C(=O)N1CCC(C(=O)NC(CC(=O)OC)c2ccc(C)cc2)CC1. The van der Waals surface area contributed by atoms with Crippen LogP contribution in [0.3, 0.4) is 0 Å². The number of carbonyl (C=O) groups is 3. The first-order valence-corrected chi connectivity index (χ1v) is 10.4. The van der Waals surface area contributed by atoms with Crippen molar-refractivity contribution in [3.63, 3.8) is 0 Å². The number of benzene rings is 1. The predicted molar refractivity (Wildman–Crippen MR) is 111 cm³/mol. The third-order valence-electron chi connectivity index (χ3n) is 5.56. The van der Waals surface area contributed by atoms with Crippen molar-refractivity contribution in [1.29, 1.82) is 0 Å². The van der Waals surface area contributed by atoms with E-state index in [9.17, 15) is 14.4 Å². The Morgan fingerprint density at radius 2 is 1.72 bits per heavy atom. The van der Waals surface area contributed by atoms with Gasteiger partial charge in [-0.3, -0.25) is 9.59 Å². The molecule has 0 saturated carbocycles. The standard InChI is InChI=1S/C22H33N3O4/c1-5-24(6-2)22(28)25-13-11-18(12-14-25)21(27)23-19(15-20(26)29-4)17-9-7-16(3)8-10-17/h7-10,18-19H,5-6,11-15H2,1-4H3,(H,23,27). The highest BCUT2D eigenvalue weighted by Gasteiger charge is 2.30. The van der Waals surface area contributed by atoms with Gasteiger partial charge in [-0.15, -0.1) is 0 Å². The Morgan fingerprint density at radius 1 is 1.14 bits per heavy atom. The summed E-state index contributed by atoms with van der Waals surface area (Å²) in [6.07, 6.45) is 1.33. The fourth-order valence-electron chi connectivity index (χ4n) is 3.62. The topological polar surface area (TPSA) is 79.0 Å². The maximum Gasteiger partial charge on any atom is 0.319 e. The molecule has 0 spiro atoms. The molecule has 1 heterocycles. The summed E-state index contributed by atoms with van der Waals surface area (Å²) in [5.74, 6) is -0.605. The Hall–Kier alpha value is -2.57. The van der Waals surface area contributed by atoms with E-state index in [1.165, 1.54) is 7.11 Å². The van der Waals surface area contributed by atoms with Gasteiger partial charge in [-0.05, 0) is 39.2 Å². The molecule has 1 aliphatic rings. The van der Waals surface area contributed by atoms with Gasteiger partial charge in [0.15, 0.2) is 0 Å². The largest absolute Gasteiger partial charge is 0.469 e. The number of piperidine rings is 1. The number of nitrogens with zero attached hydrogens (tertiary/aromatic N) is 2. The normalized spacial score (nSPS) is 15.5. The lowest BCUT2D eigenvalue weighted by atomic mass is 9.94. The van der Waals surface area contributed by atoms with Crippen LogP contribution in [0.2, 0.25) is 0 Å². The molecule has 1 saturated heterocycles. The number of hydrogen-bond donors (Lipinski definition) is 1. The lowest BCUT2D eigenvalue weighted by Gasteiger charge is -2.35. The van der Waals surface area contributed by atoms with E-state index in [1.54, 1.807) is 4.90 Å². The van der Waals surface area contributed by atoms with E-state index in [2.05, 4.69) is 5.32 Å². The van der Waals surface area contributed by atoms with Gasteiger partial charge in [-0.1, -0.05) is 29.8 Å². The first-order valence-electron chi connectivity index (χ1n) is 10.4. The molecule has 0 aromatic heterocycles. The van der Waals surface area contributed by atoms with Crippen LogP contribution in [-0.4, -0.2) is 61.0 Å². The highest BCUT2D eigenvalue weighted by Crippen LogP contribution is 2.23. The van der Waals surface area contributed by atoms with E-state index in [0.29, 0.717) is 39.0 Å². The Morgan fingerprint density at radius 3 is 2.24 bits per heavy atom. The van der Waals surface area contributed by atoms with Crippen LogP contribution in [0, 0.1) is 12.8 Å². The number of amides is 3. The average molecular weight is 404 g/mol. The summed E-state index contributed by atoms with van der Waals surface area (Å²) < 4.78 is 4.80. The van der Waals surface area contributed by atoms with Crippen LogP contribution in [-0.2, 0) is 14.3 Å². The zero-order valence-electron chi connectivity index (χ0n) is 17.9. The fraction of sp³-hybridized carbons (Fsp3) is 0.591. The molecular formula is C22H33N3O4. The van der Waals surface area contributed by atoms with E-state index >= 15 is 0 Å². The van der Waals surface area contributed by atoms with Gasteiger partial charge in [0.25, 0.3) is 0 Å². The number of urea groups is 1. The molecule has 0 aliphatic carbocycles.